The van der Waals surface area contributed by atoms with Crippen molar-refractivity contribution in [1.29, 1.82) is 0 Å². The number of benzene rings is 1. The van der Waals surface area contributed by atoms with E-state index in [2.05, 4.69) is 5.32 Å². The van der Waals surface area contributed by atoms with E-state index in [0.717, 1.165) is 6.07 Å². The molecule has 1 aliphatic rings. The number of nitrogens with two attached hydrogens (primary N) is 1. The number of halogens is 3. The largest absolute Gasteiger partial charge is 0.418 e. The first kappa shape index (κ1) is 13.7. The van der Waals surface area contributed by atoms with Gasteiger partial charge in [0.05, 0.1) is 11.3 Å². The van der Waals surface area contributed by atoms with Crippen LogP contribution in [0.4, 0.5) is 24.5 Å². The van der Waals surface area contributed by atoms with Gasteiger partial charge in [-0.3, -0.25) is 4.79 Å². The van der Waals surface area contributed by atoms with Crippen molar-refractivity contribution < 1.29 is 18.0 Å². The molecule has 1 aromatic rings. The lowest BCUT2D eigenvalue weighted by molar-refractivity contribution is -0.136. The van der Waals surface area contributed by atoms with Gasteiger partial charge in [-0.25, -0.2) is 0 Å². The van der Waals surface area contributed by atoms with Crippen LogP contribution >= 0.6 is 0 Å². The van der Waals surface area contributed by atoms with Gasteiger partial charge in [0.1, 0.15) is 0 Å². The van der Waals surface area contributed by atoms with Gasteiger partial charge in [-0.2, -0.15) is 13.2 Å². The van der Waals surface area contributed by atoms with E-state index < -0.39 is 11.7 Å². The van der Waals surface area contributed by atoms with Crippen molar-refractivity contribution in [2.45, 2.75) is 26.4 Å². The first-order valence-corrected chi connectivity index (χ1v) is 5.89. The quantitative estimate of drug-likeness (QED) is 0.812. The van der Waals surface area contributed by atoms with Crippen LogP contribution in [0, 0.1) is 11.3 Å². The molecule has 104 valence electrons. The Morgan fingerprint density at radius 2 is 2.00 bits per heavy atom. The van der Waals surface area contributed by atoms with E-state index in [1.54, 1.807) is 0 Å². The number of nitrogens with one attached hydrogen (secondary N) is 1. The van der Waals surface area contributed by atoms with Crippen molar-refractivity contribution in [3.05, 3.63) is 23.8 Å². The zero-order chi connectivity index (χ0) is 14.4. The van der Waals surface area contributed by atoms with E-state index in [4.69, 9.17) is 5.73 Å². The smallest absolute Gasteiger partial charge is 0.399 e. The second-order valence-corrected chi connectivity index (χ2v) is 5.54. The Morgan fingerprint density at radius 3 is 2.47 bits per heavy atom. The summed E-state index contributed by atoms with van der Waals surface area (Å²) in [6.07, 6.45) is -3.85. The molecule has 0 radical (unpaired) electrons. The molecule has 1 fully saturated rings. The Hall–Kier alpha value is -1.72. The second kappa shape index (κ2) is 4.15. The summed E-state index contributed by atoms with van der Waals surface area (Å²) in [5.41, 5.74) is 4.08. The summed E-state index contributed by atoms with van der Waals surface area (Å²) in [5.74, 6) is -0.605. The summed E-state index contributed by atoms with van der Waals surface area (Å²) in [6, 6.07) is 3.35. The first-order chi connectivity index (χ1) is 8.61. The van der Waals surface area contributed by atoms with Crippen LogP contribution in [-0.2, 0) is 11.0 Å². The molecule has 0 heterocycles. The highest BCUT2D eigenvalue weighted by atomic mass is 19.4. The van der Waals surface area contributed by atoms with E-state index >= 15 is 0 Å². The highest BCUT2D eigenvalue weighted by molar-refractivity contribution is 5.95. The van der Waals surface area contributed by atoms with Gasteiger partial charge in [0.15, 0.2) is 0 Å². The van der Waals surface area contributed by atoms with E-state index in [1.807, 2.05) is 13.8 Å². The standard InChI is InChI=1S/C13H15F3N2O/c1-12(2)6-9(12)11(19)18-10-4-3-7(17)5-8(10)13(14,15)16/h3-5,9H,6,17H2,1-2H3,(H,18,19). The number of nitrogen functional groups attached to an aromatic ring is 1. The first-order valence-electron chi connectivity index (χ1n) is 5.89. The molecule has 2 rings (SSSR count). The zero-order valence-corrected chi connectivity index (χ0v) is 10.6. The van der Waals surface area contributed by atoms with Crippen LogP contribution in [0.25, 0.3) is 0 Å². The van der Waals surface area contributed by atoms with E-state index in [1.165, 1.54) is 12.1 Å². The summed E-state index contributed by atoms with van der Waals surface area (Å²) in [7, 11) is 0. The molecule has 3 N–H and O–H groups in total. The predicted molar refractivity (Wildman–Crippen MR) is 66.4 cm³/mol. The van der Waals surface area contributed by atoms with Crippen LogP contribution in [0.1, 0.15) is 25.8 Å². The van der Waals surface area contributed by atoms with E-state index in [9.17, 15) is 18.0 Å². The summed E-state index contributed by atoms with van der Waals surface area (Å²) in [4.78, 5) is 11.8. The minimum Gasteiger partial charge on any atom is -0.399 e. The molecular formula is C13H15F3N2O. The molecule has 0 spiro atoms. The van der Waals surface area contributed by atoms with Crippen molar-refractivity contribution in [3.8, 4) is 0 Å². The molecule has 0 aromatic heterocycles. The molecule has 1 amide bonds. The minimum atomic E-state index is -4.54. The van der Waals surface area contributed by atoms with Crippen molar-refractivity contribution in [2.75, 3.05) is 11.1 Å². The average molecular weight is 272 g/mol. The number of rotatable bonds is 2. The van der Waals surface area contributed by atoms with Crippen molar-refractivity contribution in [1.82, 2.24) is 0 Å². The van der Waals surface area contributed by atoms with Gasteiger partial charge in [0.25, 0.3) is 0 Å². The normalized spacial score (nSPS) is 21.0. The van der Waals surface area contributed by atoms with Gasteiger partial charge in [-0.05, 0) is 30.0 Å². The number of anilines is 2. The molecular weight excluding hydrogens is 257 g/mol. The SMILES string of the molecule is CC1(C)CC1C(=O)Nc1ccc(N)cc1C(F)(F)F. The predicted octanol–water partition coefficient (Wildman–Crippen LogP) is 3.27. The van der Waals surface area contributed by atoms with Crippen molar-refractivity contribution in [3.63, 3.8) is 0 Å². The summed E-state index contributed by atoms with van der Waals surface area (Å²) in [5, 5.41) is 2.35. The van der Waals surface area contributed by atoms with Crippen LogP contribution in [0.5, 0.6) is 0 Å². The van der Waals surface area contributed by atoms with Gasteiger partial charge in [-0.15, -0.1) is 0 Å². The maximum Gasteiger partial charge on any atom is 0.418 e. The Balaban J connectivity index is 2.23. The summed E-state index contributed by atoms with van der Waals surface area (Å²) in [6.45, 7) is 3.82. The zero-order valence-electron chi connectivity index (χ0n) is 10.6. The molecule has 1 saturated carbocycles. The Kier molecular flexibility index (Phi) is 2.99. The van der Waals surface area contributed by atoms with Gasteiger partial charge in [0.2, 0.25) is 5.91 Å². The molecule has 0 saturated heterocycles. The molecule has 1 aliphatic carbocycles. The number of amides is 1. The number of carbonyl (C=O) groups excluding carboxylic acids is 1. The fourth-order valence-electron chi connectivity index (χ4n) is 2.04. The summed E-state index contributed by atoms with van der Waals surface area (Å²) < 4.78 is 38.5. The van der Waals surface area contributed by atoms with Gasteiger partial charge >= 0.3 is 6.18 Å². The van der Waals surface area contributed by atoms with Crippen molar-refractivity contribution in [2.24, 2.45) is 11.3 Å². The Morgan fingerprint density at radius 1 is 1.42 bits per heavy atom. The van der Waals surface area contributed by atoms with Crippen LogP contribution in [0.2, 0.25) is 0 Å². The molecule has 1 unspecified atom stereocenters. The van der Waals surface area contributed by atoms with E-state index in [0.29, 0.717) is 6.42 Å². The third-order valence-corrected chi connectivity index (χ3v) is 3.44. The van der Waals surface area contributed by atoms with Crippen LogP contribution in [0.15, 0.2) is 18.2 Å². The molecule has 1 atom stereocenters. The monoisotopic (exact) mass is 272 g/mol. The number of hydrogen-bond donors (Lipinski definition) is 2. The van der Waals surface area contributed by atoms with Crippen molar-refractivity contribution >= 4 is 17.3 Å². The Labute approximate surface area is 109 Å². The molecule has 0 aliphatic heterocycles. The number of hydrogen-bond acceptors (Lipinski definition) is 2. The minimum absolute atomic E-state index is 0.0112. The lowest BCUT2D eigenvalue weighted by Gasteiger charge is -2.14. The third kappa shape index (κ3) is 2.83. The summed E-state index contributed by atoms with van der Waals surface area (Å²) >= 11 is 0. The molecule has 3 nitrogen and oxygen atoms in total. The lowest BCUT2D eigenvalue weighted by Crippen LogP contribution is -2.19. The van der Waals surface area contributed by atoms with Gasteiger partial charge in [-0.1, -0.05) is 13.8 Å². The maximum absolute atomic E-state index is 12.8. The lowest BCUT2D eigenvalue weighted by atomic mass is 10.1. The topological polar surface area (TPSA) is 55.1 Å². The highest BCUT2D eigenvalue weighted by Gasteiger charge is 2.50. The fourth-order valence-corrected chi connectivity index (χ4v) is 2.04. The van der Waals surface area contributed by atoms with Crippen LogP contribution in [0.3, 0.4) is 0 Å². The number of alkyl halides is 3. The van der Waals surface area contributed by atoms with E-state index in [-0.39, 0.29) is 28.6 Å². The average Bonchev–Trinajstić information content (AvgIpc) is 2.89. The molecule has 0 bridgehead atoms. The van der Waals surface area contributed by atoms with Gasteiger partial charge < -0.3 is 11.1 Å². The molecule has 1 aromatic carbocycles. The third-order valence-electron chi connectivity index (χ3n) is 3.44. The fraction of sp³-hybridized carbons (Fsp3) is 0.462. The van der Waals surface area contributed by atoms with Crippen LogP contribution < -0.4 is 11.1 Å². The number of carbonyl (C=O) groups is 1. The molecule has 6 heteroatoms. The highest BCUT2D eigenvalue weighted by Crippen LogP contribution is 2.52. The Bertz CT molecular complexity index is 523. The second-order valence-electron chi connectivity index (χ2n) is 5.54. The maximum atomic E-state index is 12.8. The van der Waals surface area contributed by atoms with Gasteiger partial charge in [0, 0.05) is 11.6 Å². The van der Waals surface area contributed by atoms with Crippen LogP contribution in [-0.4, -0.2) is 5.91 Å². The molecule has 19 heavy (non-hydrogen) atoms.